The van der Waals surface area contributed by atoms with Gasteiger partial charge in [-0.05, 0) is 55.4 Å². The Morgan fingerprint density at radius 1 is 1.07 bits per heavy atom. The summed E-state index contributed by atoms with van der Waals surface area (Å²) in [7, 11) is 0. The minimum Gasteiger partial charge on any atom is -0.494 e. The Hall–Kier alpha value is -2.70. The van der Waals surface area contributed by atoms with E-state index < -0.39 is 0 Å². The number of halogens is 1. The van der Waals surface area contributed by atoms with Gasteiger partial charge < -0.3 is 10.1 Å². The van der Waals surface area contributed by atoms with E-state index in [0.717, 1.165) is 17.7 Å². The van der Waals surface area contributed by atoms with Gasteiger partial charge in [0.2, 0.25) is 17.7 Å². The molecule has 2 bridgehead atoms. The molecule has 4 atom stereocenters. The highest BCUT2D eigenvalue weighted by molar-refractivity contribution is 6.08. The smallest absolute Gasteiger partial charge is 0.240 e. The molecule has 7 heteroatoms. The molecule has 2 aliphatic carbocycles. The zero-order chi connectivity index (χ0) is 19.7. The summed E-state index contributed by atoms with van der Waals surface area (Å²) in [4.78, 5) is 38.4. The number of ether oxygens (including phenoxy) is 1. The molecule has 1 heterocycles. The zero-order valence-corrected chi connectivity index (χ0v) is 15.5. The Morgan fingerprint density at radius 2 is 1.71 bits per heavy atom. The van der Waals surface area contributed by atoms with Gasteiger partial charge in [-0.3, -0.25) is 19.3 Å². The number of unbranched alkanes of at least 4 members (excludes halogenated alkanes) is 1. The summed E-state index contributed by atoms with van der Waals surface area (Å²) >= 11 is 0. The Labute approximate surface area is 162 Å². The van der Waals surface area contributed by atoms with Crippen molar-refractivity contribution in [3.8, 4) is 5.75 Å². The van der Waals surface area contributed by atoms with E-state index >= 15 is 0 Å². The maximum atomic E-state index is 12.8. The molecule has 0 spiro atoms. The molecule has 3 amide bonds. The molecule has 4 rings (SSSR count). The highest BCUT2D eigenvalue weighted by Gasteiger charge is 2.59. The Morgan fingerprint density at radius 3 is 2.36 bits per heavy atom. The first-order valence-corrected chi connectivity index (χ1v) is 9.73. The Kier molecular flexibility index (Phi) is 5.15. The largest absolute Gasteiger partial charge is 0.494 e. The third-order valence-electron chi connectivity index (χ3n) is 5.84. The van der Waals surface area contributed by atoms with Gasteiger partial charge in [-0.25, -0.2) is 4.39 Å². The van der Waals surface area contributed by atoms with Crippen LogP contribution in [0.2, 0.25) is 0 Å². The van der Waals surface area contributed by atoms with Crippen LogP contribution in [0.5, 0.6) is 5.75 Å². The lowest BCUT2D eigenvalue weighted by molar-refractivity contribution is -0.144. The minimum absolute atomic E-state index is 0.153. The number of nitrogens with zero attached hydrogens (tertiary/aromatic N) is 1. The highest BCUT2D eigenvalue weighted by atomic mass is 19.1. The van der Waals surface area contributed by atoms with Gasteiger partial charge in [-0.15, -0.1) is 0 Å². The van der Waals surface area contributed by atoms with Gasteiger partial charge in [-0.2, -0.15) is 0 Å². The number of amides is 3. The molecule has 2 fully saturated rings. The minimum atomic E-state index is -0.318. The maximum absolute atomic E-state index is 12.8. The fourth-order valence-corrected chi connectivity index (χ4v) is 4.50. The molecule has 28 heavy (non-hydrogen) atoms. The standard InChI is InChI=1S/C21H23FN2O4/c22-15-5-7-16(8-6-15)28-10-2-1-9-23-17(25)12-24-20(26)18-13-3-4-14(11-13)19(18)21(24)27/h3-8,13-14,18-19H,1-2,9-12H2,(H,23,25). The van der Waals surface area contributed by atoms with Crippen LogP contribution in [0.25, 0.3) is 0 Å². The third-order valence-corrected chi connectivity index (χ3v) is 5.84. The van der Waals surface area contributed by atoms with E-state index in [-0.39, 0.29) is 53.8 Å². The molecule has 1 saturated heterocycles. The van der Waals surface area contributed by atoms with Gasteiger partial charge in [0.1, 0.15) is 18.1 Å². The third kappa shape index (κ3) is 3.53. The van der Waals surface area contributed by atoms with Crippen LogP contribution in [0.15, 0.2) is 36.4 Å². The van der Waals surface area contributed by atoms with Gasteiger partial charge >= 0.3 is 0 Å². The van der Waals surface area contributed by atoms with Crippen molar-refractivity contribution in [2.45, 2.75) is 19.3 Å². The maximum Gasteiger partial charge on any atom is 0.240 e. The summed E-state index contributed by atoms with van der Waals surface area (Å²) in [5.41, 5.74) is 0. The van der Waals surface area contributed by atoms with Gasteiger partial charge in [0.15, 0.2) is 0 Å². The molecule has 1 saturated carbocycles. The second-order valence-electron chi connectivity index (χ2n) is 7.62. The summed E-state index contributed by atoms with van der Waals surface area (Å²) < 4.78 is 18.3. The molecule has 1 N–H and O–H groups in total. The average Bonchev–Trinajstić information content (AvgIpc) is 3.36. The molecule has 0 radical (unpaired) electrons. The molecule has 6 nitrogen and oxygen atoms in total. The van der Waals surface area contributed by atoms with Crippen LogP contribution in [0, 0.1) is 29.5 Å². The van der Waals surface area contributed by atoms with E-state index in [1.165, 1.54) is 12.1 Å². The van der Waals surface area contributed by atoms with Crippen molar-refractivity contribution in [2.75, 3.05) is 19.7 Å². The lowest BCUT2D eigenvalue weighted by Gasteiger charge is -2.16. The van der Waals surface area contributed by atoms with Gasteiger partial charge in [0.05, 0.1) is 18.4 Å². The quantitative estimate of drug-likeness (QED) is 0.421. The number of imide groups is 1. The van der Waals surface area contributed by atoms with Crippen LogP contribution >= 0.6 is 0 Å². The number of fused-ring (bicyclic) bond motifs is 5. The predicted octanol–water partition coefficient (Wildman–Crippen LogP) is 1.91. The second kappa shape index (κ2) is 7.73. The Bertz CT molecular complexity index is 777. The van der Waals surface area contributed by atoms with E-state index in [9.17, 15) is 18.8 Å². The summed E-state index contributed by atoms with van der Waals surface area (Å²) in [6, 6.07) is 5.81. The molecule has 3 aliphatic rings. The fourth-order valence-electron chi connectivity index (χ4n) is 4.50. The first-order chi connectivity index (χ1) is 13.5. The topological polar surface area (TPSA) is 75.7 Å². The second-order valence-corrected chi connectivity index (χ2v) is 7.62. The number of allylic oxidation sites excluding steroid dienone is 2. The van der Waals surface area contributed by atoms with Crippen LogP contribution in [-0.4, -0.2) is 42.3 Å². The van der Waals surface area contributed by atoms with Gasteiger partial charge in [-0.1, -0.05) is 12.2 Å². The Balaban J connectivity index is 1.15. The molecule has 1 aromatic rings. The van der Waals surface area contributed by atoms with Crippen LogP contribution in [0.4, 0.5) is 4.39 Å². The lowest BCUT2D eigenvalue weighted by atomic mass is 9.85. The van der Waals surface area contributed by atoms with Crippen LogP contribution < -0.4 is 10.1 Å². The molecule has 1 aromatic carbocycles. The summed E-state index contributed by atoms with van der Waals surface area (Å²) in [5, 5.41) is 2.75. The van der Waals surface area contributed by atoms with Crippen molar-refractivity contribution in [3.63, 3.8) is 0 Å². The number of hydrogen-bond donors (Lipinski definition) is 1. The normalized spacial score (nSPS) is 27.4. The van der Waals surface area contributed by atoms with Crippen LogP contribution in [-0.2, 0) is 14.4 Å². The summed E-state index contributed by atoms with van der Waals surface area (Å²) in [6.45, 7) is 0.710. The monoisotopic (exact) mass is 386 g/mol. The van der Waals surface area contributed by atoms with Crippen molar-refractivity contribution in [2.24, 2.45) is 23.7 Å². The van der Waals surface area contributed by atoms with E-state index in [0.29, 0.717) is 25.3 Å². The molecule has 148 valence electrons. The molecule has 4 unspecified atom stereocenters. The van der Waals surface area contributed by atoms with Crippen molar-refractivity contribution in [3.05, 3.63) is 42.2 Å². The highest BCUT2D eigenvalue weighted by Crippen LogP contribution is 2.52. The van der Waals surface area contributed by atoms with Crippen molar-refractivity contribution >= 4 is 17.7 Å². The number of likely N-dealkylation sites (tertiary alicyclic amines) is 1. The van der Waals surface area contributed by atoms with E-state index in [2.05, 4.69) is 5.32 Å². The number of benzene rings is 1. The van der Waals surface area contributed by atoms with Gasteiger partial charge in [0, 0.05) is 6.54 Å². The number of hydrogen-bond acceptors (Lipinski definition) is 4. The van der Waals surface area contributed by atoms with Crippen molar-refractivity contribution in [1.29, 1.82) is 0 Å². The lowest BCUT2D eigenvalue weighted by Crippen LogP contribution is -2.42. The number of nitrogens with one attached hydrogen (secondary N) is 1. The number of carbonyl (C=O) groups excluding carboxylic acids is 3. The number of rotatable bonds is 8. The van der Waals surface area contributed by atoms with Crippen LogP contribution in [0.3, 0.4) is 0 Å². The SMILES string of the molecule is O=C(CN1C(=O)C2C3C=CC(C3)C2C1=O)NCCCCOc1ccc(F)cc1. The van der Waals surface area contributed by atoms with Crippen molar-refractivity contribution < 1.29 is 23.5 Å². The molecular formula is C21H23FN2O4. The van der Waals surface area contributed by atoms with Crippen molar-refractivity contribution in [1.82, 2.24) is 10.2 Å². The zero-order valence-electron chi connectivity index (χ0n) is 15.5. The van der Waals surface area contributed by atoms with E-state index in [1.54, 1.807) is 12.1 Å². The summed E-state index contributed by atoms with van der Waals surface area (Å²) in [5.74, 6) is -0.645. The van der Waals surface area contributed by atoms with E-state index in [1.807, 2.05) is 12.2 Å². The molecule has 1 aliphatic heterocycles. The first kappa shape index (κ1) is 18.7. The first-order valence-electron chi connectivity index (χ1n) is 9.73. The molecular weight excluding hydrogens is 363 g/mol. The summed E-state index contributed by atoms with van der Waals surface area (Å²) in [6.07, 6.45) is 6.38. The fraction of sp³-hybridized carbons (Fsp3) is 0.476. The predicted molar refractivity (Wildman–Crippen MR) is 98.6 cm³/mol. The molecule has 0 aromatic heterocycles. The number of carbonyl (C=O) groups is 3. The average molecular weight is 386 g/mol. The van der Waals surface area contributed by atoms with E-state index in [4.69, 9.17) is 4.74 Å². The van der Waals surface area contributed by atoms with Crippen LogP contribution in [0.1, 0.15) is 19.3 Å². The van der Waals surface area contributed by atoms with Gasteiger partial charge in [0.25, 0.3) is 0 Å².